The Morgan fingerprint density at radius 1 is 1.25 bits per heavy atom. The summed E-state index contributed by atoms with van der Waals surface area (Å²) in [4.78, 5) is 2.28. The molecule has 0 spiro atoms. The maximum Gasteiger partial charge on any atom is 0.247 e. The molecule has 2 aromatic rings. The monoisotopic (exact) mass is 293 g/mol. The van der Waals surface area contributed by atoms with E-state index in [0.29, 0.717) is 16.8 Å². The first-order chi connectivity index (χ1) is 9.74. The van der Waals surface area contributed by atoms with E-state index in [9.17, 15) is 0 Å². The number of benzene rings is 1. The van der Waals surface area contributed by atoms with Crippen LogP contribution in [0.5, 0.6) is 0 Å². The summed E-state index contributed by atoms with van der Waals surface area (Å²) in [5.74, 6) is 1.13. The van der Waals surface area contributed by atoms with Gasteiger partial charge in [-0.3, -0.25) is 4.90 Å². The van der Waals surface area contributed by atoms with Crippen molar-refractivity contribution in [2.75, 3.05) is 26.3 Å². The number of hydrogen-bond donors (Lipinski definition) is 0. The minimum absolute atomic E-state index is 0.0966. The fourth-order valence-corrected chi connectivity index (χ4v) is 2.45. The molecule has 0 radical (unpaired) electrons. The van der Waals surface area contributed by atoms with Crippen LogP contribution < -0.4 is 0 Å². The lowest BCUT2D eigenvalue weighted by Crippen LogP contribution is -2.38. The predicted molar refractivity (Wildman–Crippen MR) is 75.6 cm³/mol. The van der Waals surface area contributed by atoms with Crippen molar-refractivity contribution in [2.45, 2.75) is 13.0 Å². The van der Waals surface area contributed by atoms with Crippen molar-refractivity contribution in [3.8, 4) is 11.5 Å². The average Bonchev–Trinajstić information content (AvgIpc) is 2.97. The Morgan fingerprint density at radius 3 is 2.80 bits per heavy atom. The van der Waals surface area contributed by atoms with Gasteiger partial charge in [-0.15, -0.1) is 10.2 Å². The maximum absolute atomic E-state index is 5.97. The smallest absolute Gasteiger partial charge is 0.247 e. The molecule has 1 fully saturated rings. The lowest BCUT2D eigenvalue weighted by molar-refractivity contribution is 0.0147. The van der Waals surface area contributed by atoms with Crippen LogP contribution in [0.4, 0.5) is 0 Å². The molecule has 0 unspecified atom stereocenters. The van der Waals surface area contributed by atoms with Gasteiger partial charge in [0.05, 0.1) is 19.3 Å². The van der Waals surface area contributed by atoms with Crippen LogP contribution in [0.3, 0.4) is 0 Å². The Hall–Kier alpha value is -1.43. The number of rotatable bonds is 3. The van der Waals surface area contributed by atoms with Crippen LogP contribution >= 0.6 is 11.6 Å². The van der Waals surface area contributed by atoms with Crippen LogP contribution in [-0.4, -0.2) is 41.4 Å². The third-order valence-corrected chi connectivity index (χ3v) is 3.70. The third kappa shape index (κ3) is 2.85. The Bertz CT molecular complexity index is 581. The van der Waals surface area contributed by atoms with Crippen molar-refractivity contribution in [1.82, 2.24) is 15.1 Å². The molecule has 2 heterocycles. The van der Waals surface area contributed by atoms with Crippen molar-refractivity contribution < 1.29 is 9.15 Å². The fourth-order valence-electron chi connectivity index (χ4n) is 2.26. The maximum atomic E-state index is 5.97. The van der Waals surface area contributed by atoms with Gasteiger partial charge < -0.3 is 9.15 Å². The minimum atomic E-state index is 0.0966. The molecular formula is C14H16ClN3O2. The van der Waals surface area contributed by atoms with Crippen molar-refractivity contribution in [2.24, 2.45) is 0 Å². The summed E-state index contributed by atoms with van der Waals surface area (Å²) in [6.07, 6.45) is 0. The highest BCUT2D eigenvalue weighted by Gasteiger charge is 2.23. The molecule has 20 heavy (non-hydrogen) atoms. The molecule has 3 rings (SSSR count). The van der Waals surface area contributed by atoms with Gasteiger partial charge in [0.25, 0.3) is 0 Å². The zero-order chi connectivity index (χ0) is 13.9. The van der Waals surface area contributed by atoms with Crippen LogP contribution in [0.1, 0.15) is 18.9 Å². The highest BCUT2D eigenvalue weighted by molar-refractivity contribution is 6.30. The van der Waals surface area contributed by atoms with Gasteiger partial charge in [0.15, 0.2) is 0 Å². The van der Waals surface area contributed by atoms with E-state index < -0.39 is 0 Å². The molecule has 1 atom stereocenters. The van der Waals surface area contributed by atoms with Gasteiger partial charge in [0, 0.05) is 23.7 Å². The van der Waals surface area contributed by atoms with Crippen LogP contribution in [0.15, 0.2) is 28.7 Å². The normalized spacial score (nSPS) is 18.1. The van der Waals surface area contributed by atoms with E-state index in [1.807, 2.05) is 24.3 Å². The van der Waals surface area contributed by atoms with Gasteiger partial charge in [0.2, 0.25) is 11.8 Å². The molecule has 1 aromatic carbocycles. The number of nitrogens with zero attached hydrogens (tertiary/aromatic N) is 3. The van der Waals surface area contributed by atoms with Crippen LogP contribution in [0.2, 0.25) is 5.02 Å². The van der Waals surface area contributed by atoms with Crippen molar-refractivity contribution in [3.63, 3.8) is 0 Å². The van der Waals surface area contributed by atoms with E-state index in [4.69, 9.17) is 20.8 Å². The fraction of sp³-hybridized carbons (Fsp3) is 0.429. The van der Waals surface area contributed by atoms with Gasteiger partial charge in [-0.05, 0) is 25.1 Å². The molecule has 0 aliphatic carbocycles. The molecule has 6 heteroatoms. The van der Waals surface area contributed by atoms with E-state index >= 15 is 0 Å². The Balaban J connectivity index is 1.79. The highest BCUT2D eigenvalue weighted by atomic mass is 35.5. The molecule has 1 aliphatic heterocycles. The second-order valence-electron chi connectivity index (χ2n) is 4.78. The molecule has 0 bridgehead atoms. The van der Waals surface area contributed by atoms with Crippen LogP contribution in [0.25, 0.3) is 11.5 Å². The van der Waals surface area contributed by atoms with Crippen LogP contribution in [0, 0.1) is 0 Å². The summed E-state index contributed by atoms with van der Waals surface area (Å²) in [6, 6.07) is 7.51. The first kappa shape index (κ1) is 13.5. The zero-order valence-corrected chi connectivity index (χ0v) is 12.0. The Kier molecular flexibility index (Phi) is 4.00. The standard InChI is InChI=1S/C14H16ClN3O2/c1-10(18-5-7-19-8-6-18)13-16-17-14(20-13)11-3-2-4-12(15)9-11/h2-4,9-10H,5-8H2,1H3/t10-/m0/s1. The quantitative estimate of drug-likeness (QED) is 0.871. The van der Waals surface area contributed by atoms with Crippen molar-refractivity contribution in [1.29, 1.82) is 0 Å². The van der Waals surface area contributed by atoms with Crippen molar-refractivity contribution >= 4 is 11.6 Å². The summed E-state index contributed by atoms with van der Waals surface area (Å²) in [5, 5.41) is 8.92. The highest BCUT2D eigenvalue weighted by Crippen LogP contribution is 2.25. The minimum Gasteiger partial charge on any atom is -0.419 e. The van der Waals surface area contributed by atoms with Gasteiger partial charge in [-0.25, -0.2) is 0 Å². The second-order valence-corrected chi connectivity index (χ2v) is 5.22. The van der Waals surface area contributed by atoms with Gasteiger partial charge in [0.1, 0.15) is 0 Å². The van der Waals surface area contributed by atoms with Crippen molar-refractivity contribution in [3.05, 3.63) is 35.2 Å². The zero-order valence-electron chi connectivity index (χ0n) is 11.3. The number of hydrogen-bond acceptors (Lipinski definition) is 5. The SMILES string of the molecule is C[C@@H](c1nnc(-c2cccc(Cl)c2)o1)N1CCOCC1. The molecule has 5 nitrogen and oxygen atoms in total. The molecule has 0 amide bonds. The van der Waals surface area contributed by atoms with Crippen LogP contribution in [-0.2, 0) is 4.74 Å². The Morgan fingerprint density at radius 2 is 2.05 bits per heavy atom. The first-order valence-corrected chi connectivity index (χ1v) is 7.03. The largest absolute Gasteiger partial charge is 0.419 e. The molecule has 0 N–H and O–H groups in total. The van der Waals surface area contributed by atoms with Gasteiger partial charge in [-0.2, -0.15) is 0 Å². The van der Waals surface area contributed by atoms with E-state index in [0.717, 1.165) is 31.9 Å². The molecule has 0 saturated carbocycles. The average molecular weight is 294 g/mol. The molecule has 106 valence electrons. The number of morpholine rings is 1. The summed E-state index contributed by atoms with van der Waals surface area (Å²) in [7, 11) is 0. The molecule has 1 aliphatic rings. The predicted octanol–water partition coefficient (Wildman–Crippen LogP) is 2.78. The molecular weight excluding hydrogens is 278 g/mol. The lowest BCUT2D eigenvalue weighted by Gasteiger charge is -2.30. The summed E-state index contributed by atoms with van der Waals surface area (Å²) >= 11 is 5.97. The number of aromatic nitrogens is 2. The molecule has 1 aromatic heterocycles. The van der Waals surface area contributed by atoms with E-state index in [-0.39, 0.29) is 6.04 Å². The third-order valence-electron chi connectivity index (χ3n) is 3.46. The summed E-state index contributed by atoms with van der Waals surface area (Å²) in [5.41, 5.74) is 0.838. The van der Waals surface area contributed by atoms with E-state index in [2.05, 4.69) is 22.0 Å². The molecule has 1 saturated heterocycles. The van der Waals surface area contributed by atoms with Gasteiger partial charge >= 0.3 is 0 Å². The lowest BCUT2D eigenvalue weighted by atomic mass is 10.2. The van der Waals surface area contributed by atoms with E-state index in [1.165, 1.54) is 0 Å². The summed E-state index contributed by atoms with van der Waals surface area (Å²) in [6.45, 7) is 5.34. The number of ether oxygens (including phenoxy) is 1. The topological polar surface area (TPSA) is 51.4 Å². The Labute approximate surface area is 122 Å². The number of halogens is 1. The van der Waals surface area contributed by atoms with Gasteiger partial charge in [-0.1, -0.05) is 17.7 Å². The second kappa shape index (κ2) is 5.91. The van der Waals surface area contributed by atoms with E-state index in [1.54, 1.807) is 0 Å². The first-order valence-electron chi connectivity index (χ1n) is 6.65. The summed E-state index contributed by atoms with van der Waals surface area (Å²) < 4.78 is 11.1.